The van der Waals surface area contributed by atoms with Gasteiger partial charge in [0.25, 0.3) is 0 Å². The highest BCUT2D eigenvalue weighted by Gasteiger charge is 2.40. The Labute approximate surface area is 128 Å². The molecule has 1 aliphatic carbocycles. The van der Waals surface area contributed by atoms with E-state index in [1.165, 1.54) is 6.07 Å². The van der Waals surface area contributed by atoms with Crippen molar-refractivity contribution in [2.45, 2.75) is 50.7 Å². The molecule has 1 unspecified atom stereocenters. The van der Waals surface area contributed by atoms with Crippen LogP contribution in [0.1, 0.15) is 38.2 Å². The van der Waals surface area contributed by atoms with Crippen LogP contribution in [-0.2, 0) is 11.2 Å². The average molecular weight is 345 g/mol. The van der Waals surface area contributed by atoms with Gasteiger partial charge in [0, 0.05) is 18.0 Å². The maximum atomic E-state index is 13.9. The molecule has 0 spiro atoms. The first kappa shape index (κ1) is 15.9. The van der Waals surface area contributed by atoms with Gasteiger partial charge in [0.15, 0.2) is 0 Å². The van der Waals surface area contributed by atoms with E-state index in [9.17, 15) is 9.50 Å². The van der Waals surface area contributed by atoms with E-state index in [0.717, 1.165) is 25.7 Å². The fraction of sp³-hybridized carbons (Fsp3) is 0.625. The van der Waals surface area contributed by atoms with Gasteiger partial charge in [0.1, 0.15) is 5.82 Å². The Morgan fingerprint density at radius 2 is 2.10 bits per heavy atom. The molecule has 1 aromatic carbocycles. The SMILES string of the molecule is COC1(C(O)Cc2ccc(Br)cc2F)CCC(C)CC1. The average Bonchev–Trinajstić information content (AvgIpc) is 2.43. The van der Waals surface area contributed by atoms with Crippen molar-refractivity contribution in [3.8, 4) is 0 Å². The second kappa shape index (κ2) is 6.54. The summed E-state index contributed by atoms with van der Waals surface area (Å²) in [6.45, 7) is 2.22. The van der Waals surface area contributed by atoms with E-state index in [4.69, 9.17) is 4.74 Å². The molecule has 1 N–H and O–H groups in total. The van der Waals surface area contributed by atoms with E-state index in [1.807, 2.05) is 0 Å². The van der Waals surface area contributed by atoms with Crippen molar-refractivity contribution in [3.63, 3.8) is 0 Å². The van der Waals surface area contributed by atoms with Crippen LogP contribution >= 0.6 is 15.9 Å². The molecule has 1 fully saturated rings. The van der Waals surface area contributed by atoms with Crippen molar-refractivity contribution in [1.29, 1.82) is 0 Å². The van der Waals surface area contributed by atoms with E-state index in [0.29, 0.717) is 22.4 Å². The molecule has 0 amide bonds. The molecular formula is C16H22BrFO2. The minimum absolute atomic E-state index is 0.283. The molecule has 1 aromatic rings. The first-order chi connectivity index (χ1) is 9.47. The van der Waals surface area contributed by atoms with Crippen molar-refractivity contribution >= 4 is 15.9 Å². The Balaban J connectivity index is 2.11. The summed E-state index contributed by atoms with van der Waals surface area (Å²) in [4.78, 5) is 0. The zero-order valence-electron chi connectivity index (χ0n) is 12.0. The predicted octanol–water partition coefficient (Wildman–Crippen LogP) is 4.09. The lowest BCUT2D eigenvalue weighted by Gasteiger charge is -2.41. The molecule has 0 aliphatic heterocycles. The van der Waals surface area contributed by atoms with Crippen LogP contribution in [0.25, 0.3) is 0 Å². The van der Waals surface area contributed by atoms with Crippen LogP contribution in [0.4, 0.5) is 4.39 Å². The number of aliphatic hydroxyl groups is 1. The fourth-order valence-electron chi connectivity index (χ4n) is 3.01. The quantitative estimate of drug-likeness (QED) is 0.891. The van der Waals surface area contributed by atoms with Gasteiger partial charge in [0.05, 0.1) is 11.7 Å². The number of rotatable bonds is 4. The zero-order chi connectivity index (χ0) is 14.8. The molecule has 2 nitrogen and oxygen atoms in total. The van der Waals surface area contributed by atoms with E-state index in [1.54, 1.807) is 19.2 Å². The van der Waals surface area contributed by atoms with E-state index in [-0.39, 0.29) is 5.82 Å². The van der Waals surface area contributed by atoms with Gasteiger partial charge in [-0.2, -0.15) is 0 Å². The van der Waals surface area contributed by atoms with Crippen LogP contribution in [-0.4, -0.2) is 23.9 Å². The van der Waals surface area contributed by atoms with Crippen LogP contribution in [0.5, 0.6) is 0 Å². The van der Waals surface area contributed by atoms with Crippen molar-refractivity contribution in [1.82, 2.24) is 0 Å². The summed E-state index contributed by atoms with van der Waals surface area (Å²) in [5, 5.41) is 10.6. The summed E-state index contributed by atoms with van der Waals surface area (Å²) in [5.74, 6) is 0.392. The summed E-state index contributed by atoms with van der Waals surface area (Å²) in [7, 11) is 1.65. The molecule has 0 heterocycles. The maximum Gasteiger partial charge on any atom is 0.127 e. The Kier molecular flexibility index (Phi) is 5.21. The molecule has 20 heavy (non-hydrogen) atoms. The third-order valence-electron chi connectivity index (χ3n) is 4.56. The van der Waals surface area contributed by atoms with Gasteiger partial charge in [-0.3, -0.25) is 0 Å². The number of halogens is 2. The van der Waals surface area contributed by atoms with Crippen molar-refractivity contribution in [2.75, 3.05) is 7.11 Å². The summed E-state index contributed by atoms with van der Waals surface area (Å²) in [5.41, 5.74) is 0.0159. The number of aliphatic hydroxyl groups excluding tert-OH is 1. The van der Waals surface area contributed by atoms with E-state index >= 15 is 0 Å². The Morgan fingerprint density at radius 3 is 2.65 bits per heavy atom. The largest absolute Gasteiger partial charge is 0.390 e. The second-order valence-corrected chi connectivity index (χ2v) is 6.82. The van der Waals surface area contributed by atoms with Crippen LogP contribution < -0.4 is 0 Å². The minimum atomic E-state index is -0.671. The van der Waals surface area contributed by atoms with Gasteiger partial charge in [-0.25, -0.2) is 4.39 Å². The van der Waals surface area contributed by atoms with Crippen LogP contribution in [0, 0.1) is 11.7 Å². The maximum absolute atomic E-state index is 13.9. The molecule has 112 valence electrons. The number of benzene rings is 1. The number of hydrogen-bond donors (Lipinski definition) is 1. The number of methoxy groups -OCH3 is 1. The first-order valence-electron chi connectivity index (χ1n) is 7.14. The fourth-order valence-corrected chi connectivity index (χ4v) is 3.34. The van der Waals surface area contributed by atoms with Gasteiger partial charge in [-0.15, -0.1) is 0 Å². The van der Waals surface area contributed by atoms with Crippen LogP contribution in [0.3, 0.4) is 0 Å². The molecule has 2 rings (SSSR count). The summed E-state index contributed by atoms with van der Waals surface area (Å²) in [6.07, 6.45) is 3.40. The van der Waals surface area contributed by atoms with Gasteiger partial charge in [0.2, 0.25) is 0 Å². The molecular weight excluding hydrogens is 323 g/mol. The Hall–Kier alpha value is -0.450. The van der Waals surface area contributed by atoms with E-state index in [2.05, 4.69) is 22.9 Å². The predicted molar refractivity (Wildman–Crippen MR) is 81.2 cm³/mol. The third kappa shape index (κ3) is 3.41. The van der Waals surface area contributed by atoms with Gasteiger partial charge in [-0.05, 0) is 49.3 Å². The summed E-state index contributed by atoms with van der Waals surface area (Å²) < 4.78 is 20.2. The topological polar surface area (TPSA) is 29.5 Å². The lowest BCUT2D eigenvalue weighted by Crippen LogP contribution is -2.48. The number of hydrogen-bond acceptors (Lipinski definition) is 2. The van der Waals surface area contributed by atoms with Crippen molar-refractivity contribution in [2.24, 2.45) is 5.92 Å². The lowest BCUT2D eigenvalue weighted by molar-refractivity contribution is -0.127. The molecule has 1 aliphatic rings. The molecule has 0 aromatic heterocycles. The third-order valence-corrected chi connectivity index (χ3v) is 5.06. The molecule has 1 saturated carbocycles. The van der Waals surface area contributed by atoms with E-state index < -0.39 is 11.7 Å². The zero-order valence-corrected chi connectivity index (χ0v) is 13.6. The lowest BCUT2D eigenvalue weighted by atomic mass is 9.75. The molecule has 0 radical (unpaired) electrons. The smallest absolute Gasteiger partial charge is 0.127 e. The normalized spacial score (nSPS) is 28.4. The summed E-state index contributed by atoms with van der Waals surface area (Å²) in [6, 6.07) is 4.95. The monoisotopic (exact) mass is 344 g/mol. The Morgan fingerprint density at radius 1 is 1.45 bits per heavy atom. The molecule has 1 atom stereocenters. The molecule has 0 saturated heterocycles. The highest BCUT2D eigenvalue weighted by molar-refractivity contribution is 9.10. The number of ether oxygens (including phenoxy) is 1. The first-order valence-corrected chi connectivity index (χ1v) is 7.93. The van der Waals surface area contributed by atoms with Crippen molar-refractivity contribution < 1.29 is 14.2 Å². The standard InChI is InChI=1S/C16H22BrFO2/c1-11-5-7-16(20-2,8-6-11)15(19)9-12-3-4-13(17)10-14(12)18/h3-4,10-11,15,19H,5-9H2,1-2H3. The van der Waals surface area contributed by atoms with Gasteiger partial charge < -0.3 is 9.84 Å². The minimum Gasteiger partial charge on any atom is -0.390 e. The van der Waals surface area contributed by atoms with Gasteiger partial charge in [-0.1, -0.05) is 28.9 Å². The highest BCUT2D eigenvalue weighted by Crippen LogP contribution is 2.38. The van der Waals surface area contributed by atoms with Crippen LogP contribution in [0.15, 0.2) is 22.7 Å². The highest BCUT2D eigenvalue weighted by atomic mass is 79.9. The molecule has 0 bridgehead atoms. The molecule has 4 heteroatoms. The van der Waals surface area contributed by atoms with Crippen molar-refractivity contribution in [3.05, 3.63) is 34.1 Å². The van der Waals surface area contributed by atoms with Crippen LogP contribution in [0.2, 0.25) is 0 Å². The van der Waals surface area contributed by atoms with Gasteiger partial charge >= 0.3 is 0 Å². The summed E-state index contributed by atoms with van der Waals surface area (Å²) >= 11 is 3.24. The second-order valence-electron chi connectivity index (χ2n) is 5.91. The Bertz CT molecular complexity index is 456.